The Morgan fingerprint density at radius 1 is 1.23 bits per heavy atom. The summed E-state index contributed by atoms with van der Waals surface area (Å²) in [6.45, 7) is -0.184. The molecule has 2 atom stereocenters. The molecule has 158 valence electrons. The molecular formula is C20H20FN3O4S2. The molecule has 1 amide bonds. The molecule has 0 aromatic heterocycles. The number of amides is 1. The van der Waals surface area contributed by atoms with Crippen LogP contribution in [0.5, 0.6) is 5.75 Å². The van der Waals surface area contributed by atoms with Crippen LogP contribution in [-0.2, 0) is 14.6 Å². The van der Waals surface area contributed by atoms with Crippen LogP contribution >= 0.6 is 11.8 Å². The molecule has 0 saturated carbocycles. The van der Waals surface area contributed by atoms with Crippen molar-refractivity contribution in [3.8, 4) is 5.75 Å². The Labute approximate surface area is 178 Å². The summed E-state index contributed by atoms with van der Waals surface area (Å²) in [5.74, 6) is -0.345. The number of carbonyl (C=O) groups is 1. The van der Waals surface area contributed by atoms with Gasteiger partial charge in [0.2, 0.25) is 5.91 Å². The van der Waals surface area contributed by atoms with Crippen molar-refractivity contribution in [2.24, 2.45) is 4.99 Å². The topological polar surface area (TPSA) is 88.1 Å². The van der Waals surface area contributed by atoms with Crippen molar-refractivity contribution in [3.63, 3.8) is 0 Å². The number of sulfone groups is 1. The van der Waals surface area contributed by atoms with Gasteiger partial charge >= 0.3 is 0 Å². The number of nitrogens with zero attached hydrogens (tertiary/aromatic N) is 2. The third-order valence-electron chi connectivity index (χ3n) is 4.86. The molecule has 2 unspecified atom stereocenters. The quantitative estimate of drug-likeness (QED) is 0.755. The smallest absolute Gasteiger partial charge is 0.244 e. The van der Waals surface area contributed by atoms with E-state index >= 15 is 0 Å². The van der Waals surface area contributed by atoms with Crippen molar-refractivity contribution >= 4 is 44.0 Å². The lowest BCUT2D eigenvalue weighted by Crippen LogP contribution is -2.37. The van der Waals surface area contributed by atoms with Crippen LogP contribution in [0.3, 0.4) is 0 Å². The monoisotopic (exact) mass is 449 g/mol. The minimum absolute atomic E-state index is 0.0211. The molecule has 0 bridgehead atoms. The summed E-state index contributed by atoms with van der Waals surface area (Å²) < 4.78 is 43.5. The number of para-hydroxylation sites is 3. The number of nitrogens with one attached hydrogen (secondary N) is 1. The zero-order valence-electron chi connectivity index (χ0n) is 16.1. The number of hydrogen-bond acceptors (Lipinski definition) is 7. The normalized spacial score (nSPS) is 21.6. The Balaban J connectivity index is 1.59. The zero-order chi connectivity index (χ0) is 21.3. The Kier molecular flexibility index (Phi) is 5.70. The van der Waals surface area contributed by atoms with Crippen LogP contribution in [-0.4, -0.2) is 55.9 Å². The maximum atomic E-state index is 14.5. The maximum Gasteiger partial charge on any atom is 0.244 e. The van der Waals surface area contributed by atoms with Gasteiger partial charge in [-0.05, 0) is 24.3 Å². The van der Waals surface area contributed by atoms with Crippen LogP contribution in [0.2, 0.25) is 0 Å². The van der Waals surface area contributed by atoms with E-state index in [9.17, 15) is 17.6 Å². The molecule has 2 aliphatic heterocycles. The Morgan fingerprint density at radius 2 is 1.97 bits per heavy atom. The van der Waals surface area contributed by atoms with Crippen LogP contribution in [0.25, 0.3) is 0 Å². The summed E-state index contributed by atoms with van der Waals surface area (Å²) in [6.07, 6.45) is 0. The molecule has 4 rings (SSSR count). The van der Waals surface area contributed by atoms with Gasteiger partial charge < -0.3 is 15.0 Å². The highest BCUT2D eigenvalue weighted by atomic mass is 32.2. The molecule has 1 N–H and O–H groups in total. The lowest BCUT2D eigenvalue weighted by atomic mass is 10.2. The summed E-state index contributed by atoms with van der Waals surface area (Å²) in [7, 11) is -1.61. The largest absolute Gasteiger partial charge is 0.495 e. The van der Waals surface area contributed by atoms with Gasteiger partial charge in [-0.3, -0.25) is 9.79 Å². The Hall–Kier alpha value is -2.59. The molecular weight excluding hydrogens is 429 g/mol. The van der Waals surface area contributed by atoms with Crippen molar-refractivity contribution in [1.82, 2.24) is 0 Å². The minimum atomic E-state index is -3.11. The van der Waals surface area contributed by atoms with E-state index in [4.69, 9.17) is 4.74 Å². The number of aliphatic imine (C=N–C) groups is 1. The van der Waals surface area contributed by atoms with E-state index in [0.29, 0.717) is 16.6 Å². The number of hydrogen-bond donors (Lipinski definition) is 1. The van der Waals surface area contributed by atoms with Crippen molar-refractivity contribution in [2.45, 2.75) is 11.3 Å². The number of fused-ring (bicyclic) bond motifs is 1. The highest BCUT2D eigenvalue weighted by molar-refractivity contribution is 8.15. The first-order chi connectivity index (χ1) is 14.4. The first-order valence-corrected chi connectivity index (χ1v) is 12.0. The van der Waals surface area contributed by atoms with Gasteiger partial charge in [-0.1, -0.05) is 36.0 Å². The fraction of sp³-hybridized carbons (Fsp3) is 0.300. The fourth-order valence-corrected chi connectivity index (χ4v) is 7.25. The van der Waals surface area contributed by atoms with Crippen LogP contribution in [0.4, 0.5) is 15.8 Å². The van der Waals surface area contributed by atoms with E-state index in [1.165, 1.54) is 29.8 Å². The number of ether oxygens (including phenoxy) is 1. The van der Waals surface area contributed by atoms with E-state index < -0.39 is 15.7 Å². The minimum Gasteiger partial charge on any atom is -0.495 e. The second kappa shape index (κ2) is 8.27. The number of carbonyl (C=O) groups excluding carboxylic acids is 1. The molecule has 1 fully saturated rings. The van der Waals surface area contributed by atoms with Crippen LogP contribution < -0.4 is 15.0 Å². The van der Waals surface area contributed by atoms with Crippen LogP contribution in [0.1, 0.15) is 0 Å². The molecule has 0 radical (unpaired) electrons. The highest BCUT2D eigenvalue weighted by Crippen LogP contribution is 2.37. The van der Waals surface area contributed by atoms with E-state index in [1.54, 1.807) is 42.5 Å². The lowest BCUT2D eigenvalue weighted by molar-refractivity contribution is -0.114. The predicted octanol–water partition coefficient (Wildman–Crippen LogP) is 2.55. The predicted molar refractivity (Wildman–Crippen MR) is 117 cm³/mol. The Bertz CT molecular complexity index is 1110. The molecule has 0 aliphatic carbocycles. The molecule has 1 saturated heterocycles. The van der Waals surface area contributed by atoms with Gasteiger partial charge in [0, 0.05) is 5.25 Å². The molecule has 2 aromatic rings. The van der Waals surface area contributed by atoms with Crippen LogP contribution in [0.15, 0.2) is 53.5 Å². The van der Waals surface area contributed by atoms with Crippen LogP contribution in [0, 0.1) is 5.82 Å². The van der Waals surface area contributed by atoms with Crippen molar-refractivity contribution in [2.75, 3.05) is 35.4 Å². The van der Waals surface area contributed by atoms with Gasteiger partial charge in [0.05, 0.1) is 36.0 Å². The number of anilines is 2. The molecule has 30 heavy (non-hydrogen) atoms. The number of benzene rings is 2. The van der Waals surface area contributed by atoms with Gasteiger partial charge in [0.15, 0.2) is 15.0 Å². The first-order valence-electron chi connectivity index (χ1n) is 9.26. The lowest BCUT2D eigenvalue weighted by Gasteiger charge is -2.24. The van der Waals surface area contributed by atoms with Crippen molar-refractivity contribution in [1.29, 1.82) is 0 Å². The summed E-state index contributed by atoms with van der Waals surface area (Å²) >= 11 is 1.28. The summed E-state index contributed by atoms with van der Waals surface area (Å²) in [4.78, 5) is 18.8. The third-order valence-corrected chi connectivity index (χ3v) is 8.11. The number of methoxy groups -OCH3 is 1. The second-order valence-electron chi connectivity index (χ2n) is 7.00. The van der Waals surface area contributed by atoms with Gasteiger partial charge in [-0.15, -0.1) is 0 Å². The molecule has 0 spiro atoms. The van der Waals surface area contributed by atoms with E-state index in [2.05, 4.69) is 10.3 Å². The molecule has 7 nitrogen and oxygen atoms in total. The van der Waals surface area contributed by atoms with E-state index in [-0.39, 0.29) is 40.9 Å². The average molecular weight is 450 g/mol. The van der Waals surface area contributed by atoms with Gasteiger partial charge in [0.25, 0.3) is 0 Å². The second-order valence-corrected chi connectivity index (χ2v) is 10.4. The Morgan fingerprint density at radius 3 is 2.70 bits per heavy atom. The SMILES string of the molecule is COc1ccccc1NC(=O)CN(C1=NC2CS(=O)(=O)CC2S1)c1ccccc1F. The third kappa shape index (κ3) is 4.29. The molecule has 2 heterocycles. The van der Waals surface area contributed by atoms with Gasteiger partial charge in [-0.25, -0.2) is 12.8 Å². The number of amidine groups is 1. The average Bonchev–Trinajstić information content (AvgIpc) is 3.20. The van der Waals surface area contributed by atoms with Crippen molar-refractivity contribution in [3.05, 3.63) is 54.3 Å². The van der Waals surface area contributed by atoms with Crippen molar-refractivity contribution < 1.29 is 22.3 Å². The summed E-state index contributed by atoms with van der Waals surface area (Å²) in [5.41, 5.74) is 0.712. The van der Waals surface area contributed by atoms with E-state index in [1.807, 2.05) is 0 Å². The fourth-order valence-electron chi connectivity index (χ4n) is 3.48. The number of thioether (sulfide) groups is 1. The highest BCUT2D eigenvalue weighted by Gasteiger charge is 2.44. The molecule has 10 heteroatoms. The number of halogens is 1. The first kappa shape index (κ1) is 20.7. The van der Waals surface area contributed by atoms with Gasteiger partial charge in [-0.2, -0.15) is 0 Å². The number of rotatable bonds is 5. The summed E-state index contributed by atoms with van der Waals surface area (Å²) in [6, 6.07) is 12.7. The van der Waals surface area contributed by atoms with E-state index in [0.717, 1.165) is 0 Å². The molecule has 2 aromatic carbocycles. The van der Waals surface area contributed by atoms with Gasteiger partial charge in [0.1, 0.15) is 18.1 Å². The zero-order valence-corrected chi connectivity index (χ0v) is 17.7. The standard InChI is InChI=1S/C20H20FN3O4S2/c1-28-17-9-5-3-7-14(17)22-19(25)10-24(16-8-4-2-6-13(16)21)20-23-15-11-30(26,27)12-18(15)29-20/h2-9,15,18H,10-12H2,1H3,(H,22,25). The molecule has 2 aliphatic rings. The summed E-state index contributed by atoms with van der Waals surface area (Å²) in [5, 5.41) is 3.01. The maximum absolute atomic E-state index is 14.5.